The molecule has 1 atom stereocenters. The Kier molecular flexibility index (Phi) is 9.34. The molecule has 2 amide bonds. The van der Waals surface area contributed by atoms with Crippen molar-refractivity contribution < 1.29 is 14.0 Å². The number of benzene rings is 3. The standard InChI is InChI=1S/C26H26ClFN2O2S/c1-29-26(32)24(15-19-6-3-2-4-7-19)30(16-21-8-5-9-22(27)14-21)25(31)18-33-17-20-10-12-23(28)13-11-20/h2-14,24H,15-18H2,1H3,(H,29,32). The molecule has 0 aliphatic carbocycles. The molecular formula is C26H26ClFN2O2S. The van der Waals surface area contributed by atoms with Gasteiger partial charge in [0.2, 0.25) is 11.8 Å². The van der Waals surface area contributed by atoms with Crippen molar-refractivity contribution in [3.63, 3.8) is 0 Å². The van der Waals surface area contributed by atoms with Crippen LogP contribution in [-0.2, 0) is 28.3 Å². The second-order valence-electron chi connectivity index (χ2n) is 7.59. The van der Waals surface area contributed by atoms with Gasteiger partial charge in [-0.05, 0) is 41.0 Å². The number of likely N-dealkylation sites (N-methyl/N-ethyl adjacent to an activating group) is 1. The number of hydrogen-bond donors (Lipinski definition) is 1. The maximum Gasteiger partial charge on any atom is 0.242 e. The van der Waals surface area contributed by atoms with E-state index < -0.39 is 6.04 Å². The summed E-state index contributed by atoms with van der Waals surface area (Å²) in [5.41, 5.74) is 2.75. The zero-order valence-corrected chi connectivity index (χ0v) is 19.9. The molecule has 4 nitrogen and oxygen atoms in total. The highest BCUT2D eigenvalue weighted by molar-refractivity contribution is 7.99. The van der Waals surface area contributed by atoms with E-state index in [2.05, 4.69) is 5.32 Å². The molecule has 33 heavy (non-hydrogen) atoms. The van der Waals surface area contributed by atoms with E-state index in [9.17, 15) is 14.0 Å². The second-order valence-corrected chi connectivity index (χ2v) is 9.01. The van der Waals surface area contributed by atoms with Crippen molar-refractivity contribution in [1.82, 2.24) is 10.2 Å². The number of hydrogen-bond acceptors (Lipinski definition) is 3. The van der Waals surface area contributed by atoms with Gasteiger partial charge in [-0.2, -0.15) is 0 Å². The normalized spacial score (nSPS) is 11.6. The monoisotopic (exact) mass is 484 g/mol. The Morgan fingerprint density at radius 3 is 2.33 bits per heavy atom. The summed E-state index contributed by atoms with van der Waals surface area (Å²) in [5.74, 6) is 0.104. The summed E-state index contributed by atoms with van der Waals surface area (Å²) >= 11 is 7.59. The van der Waals surface area contributed by atoms with Gasteiger partial charge in [0, 0.05) is 30.8 Å². The smallest absolute Gasteiger partial charge is 0.242 e. The lowest BCUT2D eigenvalue weighted by Crippen LogP contribution is -2.50. The van der Waals surface area contributed by atoms with E-state index in [1.807, 2.05) is 42.5 Å². The van der Waals surface area contributed by atoms with Crippen molar-refractivity contribution >= 4 is 35.2 Å². The van der Waals surface area contributed by atoms with Crippen LogP contribution in [0.25, 0.3) is 0 Å². The minimum atomic E-state index is -0.671. The zero-order chi connectivity index (χ0) is 23.6. The number of nitrogens with one attached hydrogen (secondary N) is 1. The molecule has 1 unspecified atom stereocenters. The number of rotatable bonds is 10. The lowest BCUT2D eigenvalue weighted by atomic mass is 10.0. The summed E-state index contributed by atoms with van der Waals surface area (Å²) in [6.45, 7) is 0.265. The van der Waals surface area contributed by atoms with Crippen molar-refractivity contribution in [1.29, 1.82) is 0 Å². The predicted octanol–water partition coefficient (Wildman–Crippen LogP) is 5.10. The molecule has 3 aromatic carbocycles. The maximum atomic E-state index is 13.4. The second kappa shape index (κ2) is 12.4. The molecule has 0 bridgehead atoms. The molecule has 0 radical (unpaired) electrons. The molecule has 0 heterocycles. The summed E-state index contributed by atoms with van der Waals surface area (Å²) in [6.07, 6.45) is 0.398. The van der Waals surface area contributed by atoms with Gasteiger partial charge in [-0.25, -0.2) is 4.39 Å². The minimum Gasteiger partial charge on any atom is -0.357 e. The van der Waals surface area contributed by atoms with E-state index in [-0.39, 0.29) is 29.9 Å². The molecule has 0 aliphatic rings. The topological polar surface area (TPSA) is 49.4 Å². The summed E-state index contributed by atoms with van der Waals surface area (Å²) < 4.78 is 13.1. The molecule has 0 fully saturated rings. The molecule has 0 saturated carbocycles. The van der Waals surface area contributed by atoms with Crippen LogP contribution in [0.5, 0.6) is 0 Å². The van der Waals surface area contributed by atoms with Gasteiger partial charge in [-0.1, -0.05) is 66.2 Å². The highest BCUT2D eigenvalue weighted by Gasteiger charge is 2.29. The molecule has 7 heteroatoms. The van der Waals surface area contributed by atoms with Gasteiger partial charge in [0.1, 0.15) is 11.9 Å². The molecule has 0 aliphatic heterocycles. The van der Waals surface area contributed by atoms with Gasteiger partial charge >= 0.3 is 0 Å². The summed E-state index contributed by atoms with van der Waals surface area (Å²) in [5, 5.41) is 3.28. The molecule has 0 saturated heterocycles. The average molecular weight is 485 g/mol. The van der Waals surface area contributed by atoms with Gasteiger partial charge < -0.3 is 10.2 Å². The van der Waals surface area contributed by atoms with Crippen LogP contribution >= 0.6 is 23.4 Å². The fourth-order valence-electron chi connectivity index (χ4n) is 3.47. The number of carbonyl (C=O) groups is 2. The third-order valence-electron chi connectivity index (χ3n) is 5.17. The Labute approximate surface area is 203 Å². The van der Waals surface area contributed by atoms with E-state index >= 15 is 0 Å². The van der Waals surface area contributed by atoms with E-state index in [1.165, 1.54) is 23.9 Å². The quantitative estimate of drug-likeness (QED) is 0.435. The fraction of sp³-hybridized carbons (Fsp3) is 0.231. The van der Waals surface area contributed by atoms with E-state index in [4.69, 9.17) is 11.6 Å². The van der Waals surface area contributed by atoms with Crippen molar-refractivity contribution in [2.75, 3.05) is 12.8 Å². The number of carbonyl (C=O) groups excluding carboxylic acids is 2. The molecule has 3 rings (SSSR count). The highest BCUT2D eigenvalue weighted by atomic mass is 35.5. The summed E-state index contributed by atoms with van der Waals surface area (Å²) in [7, 11) is 1.58. The number of nitrogens with zero attached hydrogens (tertiary/aromatic N) is 1. The van der Waals surface area contributed by atoms with Crippen molar-refractivity contribution in [3.8, 4) is 0 Å². The number of amides is 2. The van der Waals surface area contributed by atoms with Crippen molar-refractivity contribution in [2.24, 2.45) is 0 Å². The zero-order valence-electron chi connectivity index (χ0n) is 18.3. The third-order valence-corrected chi connectivity index (χ3v) is 6.39. The first-order chi connectivity index (χ1) is 16.0. The van der Waals surface area contributed by atoms with Gasteiger partial charge in [0.15, 0.2) is 0 Å². The van der Waals surface area contributed by atoms with E-state index in [0.29, 0.717) is 17.2 Å². The van der Waals surface area contributed by atoms with Gasteiger partial charge in [0.25, 0.3) is 0 Å². The molecule has 172 valence electrons. The minimum absolute atomic E-state index is 0.147. The summed E-state index contributed by atoms with van der Waals surface area (Å²) in [6, 6.07) is 22.5. The Hall–Kier alpha value is -2.83. The Morgan fingerprint density at radius 1 is 0.970 bits per heavy atom. The van der Waals surface area contributed by atoms with Crippen LogP contribution in [-0.4, -0.2) is 35.6 Å². The first kappa shape index (κ1) is 24.8. The third kappa shape index (κ3) is 7.62. The first-order valence-electron chi connectivity index (χ1n) is 10.6. The lowest BCUT2D eigenvalue weighted by molar-refractivity contribution is -0.139. The van der Waals surface area contributed by atoms with Crippen LogP contribution in [0, 0.1) is 5.82 Å². The molecule has 3 aromatic rings. The molecule has 1 N–H and O–H groups in total. The van der Waals surface area contributed by atoms with E-state index in [1.54, 1.807) is 36.2 Å². The van der Waals surface area contributed by atoms with Crippen LogP contribution in [0.4, 0.5) is 4.39 Å². The molecule has 0 aromatic heterocycles. The van der Waals surface area contributed by atoms with E-state index in [0.717, 1.165) is 16.7 Å². The van der Waals surface area contributed by atoms with Crippen molar-refractivity contribution in [3.05, 3.63) is 106 Å². The van der Waals surface area contributed by atoms with Crippen LogP contribution in [0.2, 0.25) is 5.02 Å². The Bertz CT molecular complexity index is 1060. The maximum absolute atomic E-state index is 13.4. The average Bonchev–Trinajstić information content (AvgIpc) is 2.82. The summed E-state index contributed by atoms with van der Waals surface area (Å²) in [4.78, 5) is 27.9. The predicted molar refractivity (Wildman–Crippen MR) is 133 cm³/mol. The number of halogens is 2. The highest BCUT2D eigenvalue weighted by Crippen LogP contribution is 2.20. The van der Waals surface area contributed by atoms with Gasteiger partial charge in [-0.3, -0.25) is 9.59 Å². The SMILES string of the molecule is CNC(=O)C(Cc1ccccc1)N(Cc1cccc(Cl)c1)C(=O)CSCc1ccc(F)cc1. The molecular weight excluding hydrogens is 459 g/mol. The Balaban J connectivity index is 1.80. The van der Waals surface area contributed by atoms with Crippen molar-refractivity contribution in [2.45, 2.75) is 24.8 Å². The fourth-order valence-corrected chi connectivity index (χ4v) is 4.56. The van der Waals surface area contributed by atoms with Crippen LogP contribution in [0.1, 0.15) is 16.7 Å². The number of thioether (sulfide) groups is 1. The Morgan fingerprint density at radius 2 is 1.67 bits per heavy atom. The lowest BCUT2D eigenvalue weighted by Gasteiger charge is -2.31. The largest absolute Gasteiger partial charge is 0.357 e. The van der Waals surface area contributed by atoms with Crippen LogP contribution in [0.3, 0.4) is 0 Å². The molecule has 0 spiro atoms. The van der Waals surface area contributed by atoms with Gasteiger partial charge in [-0.15, -0.1) is 11.8 Å². The van der Waals surface area contributed by atoms with Crippen LogP contribution in [0.15, 0.2) is 78.9 Å². The van der Waals surface area contributed by atoms with Gasteiger partial charge in [0.05, 0.1) is 5.75 Å². The first-order valence-corrected chi connectivity index (χ1v) is 12.1. The van der Waals surface area contributed by atoms with Crippen LogP contribution < -0.4 is 5.32 Å².